The Morgan fingerprint density at radius 2 is 1.69 bits per heavy atom. The number of rotatable bonds is 3. The molecule has 0 aliphatic rings. The monoisotopic (exact) mass is 636 g/mol. The van der Waals surface area contributed by atoms with E-state index in [-0.39, 0.29) is 20.1 Å². The van der Waals surface area contributed by atoms with Gasteiger partial charge in [0.2, 0.25) is 5.71 Å². The van der Waals surface area contributed by atoms with Crippen LogP contribution in [0.2, 0.25) is 0 Å². The summed E-state index contributed by atoms with van der Waals surface area (Å²) in [5, 5.41) is 9.88. The molecule has 7 heteroatoms. The van der Waals surface area contributed by atoms with Crippen LogP contribution in [0.15, 0.2) is 89.7 Å². The van der Waals surface area contributed by atoms with Gasteiger partial charge in [-0.15, -0.1) is 54.1 Å². The van der Waals surface area contributed by atoms with E-state index in [0.717, 1.165) is 27.7 Å². The zero-order valence-corrected chi connectivity index (χ0v) is 21.5. The summed E-state index contributed by atoms with van der Waals surface area (Å²) in [6, 6.07) is 27.9. The fraction of sp³-hybridized carbons (Fsp3) is 0.107. The van der Waals surface area contributed by atoms with Crippen molar-refractivity contribution < 1.29 is 24.5 Å². The number of hydrogen-bond donors (Lipinski definition) is 0. The first-order valence-corrected chi connectivity index (χ1v) is 11.0. The Labute approximate surface area is 216 Å². The molecule has 6 nitrogen and oxygen atoms in total. The summed E-state index contributed by atoms with van der Waals surface area (Å²) in [6.07, 6.45) is 4.93. The number of benzene rings is 2. The second kappa shape index (κ2) is 11.1. The molecular weight excluding hydrogens is 615 g/mol. The number of furan rings is 1. The predicted octanol–water partition coefficient (Wildman–Crippen LogP) is 6.30. The Morgan fingerprint density at radius 1 is 0.800 bits per heavy atom. The van der Waals surface area contributed by atoms with Crippen LogP contribution in [0.4, 0.5) is 0 Å². The van der Waals surface area contributed by atoms with Crippen LogP contribution in [0.25, 0.3) is 44.7 Å². The molecule has 6 aromatic rings. The maximum atomic E-state index is 5.98. The first-order chi connectivity index (χ1) is 16.7. The fourth-order valence-corrected chi connectivity index (χ4v) is 3.56. The molecule has 0 saturated carbocycles. The van der Waals surface area contributed by atoms with E-state index in [9.17, 15) is 0 Å². The van der Waals surface area contributed by atoms with E-state index in [0.29, 0.717) is 28.6 Å². The van der Waals surface area contributed by atoms with Crippen LogP contribution >= 0.6 is 0 Å². The third-order valence-electron chi connectivity index (χ3n) is 5.27. The van der Waals surface area contributed by atoms with Crippen molar-refractivity contribution in [1.82, 2.24) is 25.1 Å². The van der Waals surface area contributed by atoms with Gasteiger partial charge in [-0.05, 0) is 29.8 Å². The predicted molar refractivity (Wildman–Crippen MR) is 132 cm³/mol. The average Bonchev–Trinajstić information content (AvgIpc) is 3.29. The minimum Gasteiger partial charge on any atom is -0.486 e. The summed E-state index contributed by atoms with van der Waals surface area (Å²) in [5.74, 6) is 0.849. The molecule has 35 heavy (non-hydrogen) atoms. The molecule has 0 unspecified atom stereocenters. The second-order valence-corrected chi connectivity index (χ2v) is 7.90. The summed E-state index contributed by atoms with van der Waals surface area (Å²) >= 11 is 0. The van der Waals surface area contributed by atoms with E-state index in [1.807, 2.05) is 60.7 Å². The summed E-state index contributed by atoms with van der Waals surface area (Å²) < 4.78 is 5.98. The van der Waals surface area contributed by atoms with E-state index in [1.54, 1.807) is 18.6 Å². The molecule has 175 valence electrons. The Hall–Kier alpha value is -3.80. The van der Waals surface area contributed by atoms with Crippen LogP contribution in [0.3, 0.4) is 0 Å². The quantitative estimate of drug-likeness (QED) is 0.213. The molecule has 0 atom stereocenters. The first-order valence-electron chi connectivity index (χ1n) is 11.0. The van der Waals surface area contributed by atoms with E-state index in [1.165, 1.54) is 0 Å². The molecule has 0 N–H and O–H groups in total. The number of pyridine rings is 2. The van der Waals surface area contributed by atoms with E-state index in [2.05, 4.69) is 57.2 Å². The van der Waals surface area contributed by atoms with Crippen LogP contribution in [-0.4, -0.2) is 25.1 Å². The second-order valence-electron chi connectivity index (χ2n) is 7.90. The van der Waals surface area contributed by atoms with Crippen molar-refractivity contribution in [2.75, 3.05) is 0 Å². The number of nitrogens with zero attached hydrogens (tertiary/aromatic N) is 5. The third-order valence-corrected chi connectivity index (χ3v) is 5.27. The third kappa shape index (κ3) is 5.32. The number of hydrogen-bond acceptors (Lipinski definition) is 6. The van der Waals surface area contributed by atoms with Gasteiger partial charge in [-0.1, -0.05) is 36.9 Å². The molecule has 0 bridgehead atoms. The molecule has 0 saturated heterocycles. The van der Waals surface area contributed by atoms with Gasteiger partial charge in [0.15, 0.2) is 0 Å². The van der Waals surface area contributed by atoms with Gasteiger partial charge in [-0.25, -0.2) is 4.98 Å². The Balaban J connectivity index is 0.000000189. The van der Waals surface area contributed by atoms with Crippen molar-refractivity contribution in [2.24, 2.45) is 0 Å². The Kier molecular flexibility index (Phi) is 7.70. The first kappa shape index (κ1) is 24.3. The minimum absolute atomic E-state index is 0. The van der Waals surface area contributed by atoms with Crippen molar-refractivity contribution in [3.05, 3.63) is 103 Å². The van der Waals surface area contributed by atoms with E-state index < -0.39 is 0 Å². The van der Waals surface area contributed by atoms with E-state index in [4.69, 9.17) is 4.42 Å². The molecule has 4 heterocycles. The van der Waals surface area contributed by atoms with Crippen LogP contribution in [0, 0.1) is 12.1 Å². The standard InChI is InChI=1S/C17H13N4O.C11H8N.Ir/c1-10(2)14-7-6-12-11-4-3-5-13(15(11)22-17(12)20-14)16-18-8-9-19-21-16;1-2-6-10(7-3-1)11-8-4-5-9-12-11;/h3-4,6-10H,1-2H3;1-6,8-9H;/q2*-1;. The van der Waals surface area contributed by atoms with Gasteiger partial charge in [-0.2, -0.15) is 10.2 Å². The summed E-state index contributed by atoms with van der Waals surface area (Å²) in [4.78, 5) is 13.1. The molecular formula is C28H21IrN5O-2. The normalized spacial score (nSPS) is 10.6. The van der Waals surface area contributed by atoms with Gasteiger partial charge < -0.3 is 9.40 Å². The molecule has 0 spiro atoms. The summed E-state index contributed by atoms with van der Waals surface area (Å²) in [5.41, 5.74) is 5.05. The molecule has 2 aromatic carbocycles. The zero-order valence-electron chi connectivity index (χ0n) is 19.1. The molecule has 0 fully saturated rings. The Bertz CT molecular complexity index is 1480. The largest absolute Gasteiger partial charge is 0.486 e. The molecule has 0 amide bonds. The number of aromatic nitrogens is 5. The van der Waals surface area contributed by atoms with Gasteiger partial charge in [0, 0.05) is 43.6 Å². The molecule has 0 aliphatic carbocycles. The summed E-state index contributed by atoms with van der Waals surface area (Å²) in [6.45, 7) is 4.22. The summed E-state index contributed by atoms with van der Waals surface area (Å²) in [7, 11) is 0. The minimum atomic E-state index is 0. The molecule has 6 rings (SSSR count). The van der Waals surface area contributed by atoms with E-state index >= 15 is 0 Å². The SMILES string of the molecule is CC(C)c1ccc2c(n1)oc1c(-c3nccnn3)[c-]ccc12.[Ir].[c-]1ccccc1-c1ccccn1. The van der Waals surface area contributed by atoms with Crippen molar-refractivity contribution >= 4 is 22.1 Å². The van der Waals surface area contributed by atoms with Gasteiger partial charge in [0.05, 0.1) is 11.8 Å². The van der Waals surface area contributed by atoms with Gasteiger partial charge >= 0.3 is 0 Å². The van der Waals surface area contributed by atoms with Gasteiger partial charge in [0.25, 0.3) is 0 Å². The van der Waals surface area contributed by atoms with Crippen LogP contribution in [0.5, 0.6) is 0 Å². The smallest absolute Gasteiger partial charge is 0.216 e. The van der Waals surface area contributed by atoms with Crippen molar-refractivity contribution in [3.8, 4) is 22.6 Å². The van der Waals surface area contributed by atoms with Gasteiger partial charge in [-0.3, -0.25) is 4.98 Å². The average molecular weight is 636 g/mol. The van der Waals surface area contributed by atoms with Crippen molar-refractivity contribution in [2.45, 2.75) is 19.8 Å². The molecule has 0 aliphatic heterocycles. The van der Waals surface area contributed by atoms with Crippen LogP contribution < -0.4 is 0 Å². The van der Waals surface area contributed by atoms with Crippen LogP contribution in [0.1, 0.15) is 25.5 Å². The van der Waals surface area contributed by atoms with Crippen molar-refractivity contribution in [1.29, 1.82) is 0 Å². The fourth-order valence-electron chi connectivity index (χ4n) is 3.56. The molecule has 1 radical (unpaired) electrons. The zero-order chi connectivity index (χ0) is 23.3. The Morgan fingerprint density at radius 3 is 2.40 bits per heavy atom. The van der Waals surface area contributed by atoms with Gasteiger partial charge in [0.1, 0.15) is 5.82 Å². The van der Waals surface area contributed by atoms with Crippen molar-refractivity contribution in [3.63, 3.8) is 0 Å². The molecule has 4 aromatic heterocycles. The number of fused-ring (bicyclic) bond motifs is 3. The topological polar surface area (TPSA) is 77.6 Å². The maximum Gasteiger partial charge on any atom is 0.216 e. The maximum absolute atomic E-state index is 5.98. The van der Waals surface area contributed by atoms with Crippen LogP contribution in [-0.2, 0) is 20.1 Å².